The number of nitrogens with zero attached hydrogens (tertiary/aromatic N) is 2. The minimum Gasteiger partial charge on any atom is -0.335 e. The molecule has 3 rings (SSSR count). The number of hydrogen-bond acceptors (Lipinski definition) is 3. The summed E-state index contributed by atoms with van der Waals surface area (Å²) in [6.45, 7) is 5.80. The maximum absolute atomic E-state index is 12.5. The van der Waals surface area contributed by atoms with Gasteiger partial charge in [0, 0.05) is 30.0 Å². The number of aromatic nitrogens is 1. The standard InChI is InChI=1S/C21H25N3O3S/c1-15(2)23(4)28(26,27)19-11-9-18(10-12-19)22-21(25)14-24-16(3)13-17-7-5-6-8-20(17)24/h5-13,15H,14H2,1-4H3,(H,22,25). The first kappa shape index (κ1) is 20.1. The number of sulfonamides is 1. The van der Waals surface area contributed by atoms with Crippen molar-refractivity contribution in [2.75, 3.05) is 12.4 Å². The molecule has 0 bridgehead atoms. The van der Waals surface area contributed by atoms with Crippen molar-refractivity contribution >= 4 is 32.5 Å². The van der Waals surface area contributed by atoms with Gasteiger partial charge in [0.1, 0.15) is 6.54 Å². The molecule has 2 aromatic carbocycles. The van der Waals surface area contributed by atoms with Gasteiger partial charge < -0.3 is 9.88 Å². The van der Waals surface area contributed by atoms with Crippen molar-refractivity contribution in [1.29, 1.82) is 0 Å². The zero-order chi connectivity index (χ0) is 20.5. The summed E-state index contributed by atoms with van der Waals surface area (Å²) in [4.78, 5) is 12.7. The molecule has 28 heavy (non-hydrogen) atoms. The molecule has 1 aromatic heterocycles. The number of amides is 1. The van der Waals surface area contributed by atoms with E-state index in [0.717, 1.165) is 16.6 Å². The largest absolute Gasteiger partial charge is 0.335 e. The van der Waals surface area contributed by atoms with Crippen LogP contribution in [0.15, 0.2) is 59.5 Å². The van der Waals surface area contributed by atoms with E-state index in [0.29, 0.717) is 5.69 Å². The first-order chi connectivity index (χ1) is 13.2. The Bertz CT molecular complexity index is 1100. The Labute approximate surface area is 165 Å². The Morgan fingerprint density at radius 1 is 1.11 bits per heavy atom. The van der Waals surface area contributed by atoms with Crippen LogP contribution in [0, 0.1) is 6.92 Å². The number of benzene rings is 2. The number of carbonyl (C=O) groups is 1. The van der Waals surface area contributed by atoms with Crippen molar-refractivity contribution in [2.24, 2.45) is 0 Å². The Balaban J connectivity index is 1.74. The van der Waals surface area contributed by atoms with Gasteiger partial charge in [0.2, 0.25) is 15.9 Å². The Morgan fingerprint density at radius 3 is 2.39 bits per heavy atom. The van der Waals surface area contributed by atoms with Gasteiger partial charge in [-0.2, -0.15) is 4.31 Å². The van der Waals surface area contributed by atoms with E-state index in [4.69, 9.17) is 0 Å². The van der Waals surface area contributed by atoms with Gasteiger partial charge in [-0.3, -0.25) is 4.79 Å². The number of hydrogen-bond donors (Lipinski definition) is 1. The van der Waals surface area contributed by atoms with Gasteiger partial charge in [-0.1, -0.05) is 18.2 Å². The van der Waals surface area contributed by atoms with Crippen LogP contribution in [0.4, 0.5) is 5.69 Å². The second-order valence-corrected chi connectivity index (χ2v) is 9.12. The van der Waals surface area contributed by atoms with Gasteiger partial charge in [-0.25, -0.2) is 8.42 Å². The average molecular weight is 400 g/mol. The van der Waals surface area contributed by atoms with Crippen LogP contribution in [-0.2, 0) is 21.4 Å². The van der Waals surface area contributed by atoms with Crippen LogP contribution in [0.5, 0.6) is 0 Å². The Morgan fingerprint density at radius 2 is 1.75 bits per heavy atom. The van der Waals surface area contributed by atoms with Gasteiger partial charge in [-0.15, -0.1) is 0 Å². The van der Waals surface area contributed by atoms with Crippen molar-refractivity contribution in [2.45, 2.75) is 38.3 Å². The zero-order valence-corrected chi connectivity index (χ0v) is 17.3. The fraction of sp³-hybridized carbons (Fsp3) is 0.286. The molecule has 0 atom stereocenters. The monoisotopic (exact) mass is 399 g/mol. The third kappa shape index (κ3) is 3.95. The van der Waals surface area contributed by atoms with Crippen LogP contribution in [0.1, 0.15) is 19.5 Å². The van der Waals surface area contributed by atoms with Crippen LogP contribution in [0.2, 0.25) is 0 Å². The lowest BCUT2D eigenvalue weighted by Gasteiger charge is -2.21. The molecule has 0 aliphatic carbocycles. The van der Waals surface area contributed by atoms with Crippen LogP contribution in [0.3, 0.4) is 0 Å². The number of para-hydroxylation sites is 1. The highest BCUT2D eigenvalue weighted by atomic mass is 32.2. The zero-order valence-electron chi connectivity index (χ0n) is 16.5. The molecule has 0 unspecified atom stereocenters. The molecule has 0 aliphatic heterocycles. The molecule has 6 nitrogen and oxygen atoms in total. The molecule has 7 heteroatoms. The summed E-state index contributed by atoms with van der Waals surface area (Å²) in [5.74, 6) is -0.167. The molecule has 1 amide bonds. The third-order valence-electron chi connectivity index (χ3n) is 4.86. The lowest BCUT2D eigenvalue weighted by molar-refractivity contribution is -0.116. The van der Waals surface area contributed by atoms with E-state index in [-0.39, 0.29) is 23.4 Å². The minimum atomic E-state index is -3.54. The molecule has 3 aromatic rings. The lowest BCUT2D eigenvalue weighted by atomic mass is 10.2. The van der Waals surface area contributed by atoms with Gasteiger partial charge in [-0.05, 0) is 62.6 Å². The predicted molar refractivity (Wildman–Crippen MR) is 112 cm³/mol. The van der Waals surface area contributed by atoms with Gasteiger partial charge >= 0.3 is 0 Å². The molecule has 1 N–H and O–H groups in total. The molecular formula is C21H25N3O3S. The molecule has 0 saturated carbocycles. The van der Waals surface area contributed by atoms with E-state index in [2.05, 4.69) is 5.32 Å². The molecule has 0 saturated heterocycles. The molecule has 0 aliphatic rings. The highest BCUT2D eigenvalue weighted by Gasteiger charge is 2.22. The van der Waals surface area contributed by atoms with Crippen molar-refractivity contribution < 1.29 is 13.2 Å². The van der Waals surface area contributed by atoms with Crippen molar-refractivity contribution in [3.05, 3.63) is 60.3 Å². The van der Waals surface area contributed by atoms with Crippen molar-refractivity contribution in [3.63, 3.8) is 0 Å². The predicted octanol–water partition coefficient (Wildman–Crippen LogP) is 3.62. The summed E-state index contributed by atoms with van der Waals surface area (Å²) in [5, 5.41) is 3.93. The SMILES string of the molecule is Cc1cc2ccccc2n1CC(=O)Nc1ccc(S(=O)(=O)N(C)C(C)C)cc1. The molecule has 0 spiro atoms. The minimum absolute atomic E-state index is 0.135. The average Bonchev–Trinajstić information content (AvgIpc) is 2.96. The number of rotatable bonds is 6. The summed E-state index contributed by atoms with van der Waals surface area (Å²) in [5.41, 5.74) is 2.58. The van der Waals surface area contributed by atoms with E-state index < -0.39 is 10.0 Å². The van der Waals surface area contributed by atoms with Gasteiger partial charge in [0.15, 0.2) is 0 Å². The fourth-order valence-corrected chi connectivity index (χ4v) is 4.42. The first-order valence-electron chi connectivity index (χ1n) is 9.13. The number of fused-ring (bicyclic) bond motifs is 1. The highest BCUT2D eigenvalue weighted by molar-refractivity contribution is 7.89. The number of aryl methyl sites for hydroxylation is 1. The normalized spacial score (nSPS) is 12.1. The summed E-state index contributed by atoms with van der Waals surface area (Å²) < 4.78 is 28.3. The van der Waals surface area contributed by atoms with Crippen molar-refractivity contribution in [1.82, 2.24) is 8.87 Å². The Hall–Kier alpha value is -2.64. The van der Waals surface area contributed by atoms with E-state index >= 15 is 0 Å². The topological polar surface area (TPSA) is 71.4 Å². The number of nitrogens with one attached hydrogen (secondary N) is 1. The summed E-state index contributed by atoms with van der Waals surface area (Å²) in [7, 11) is -1.98. The van der Waals surface area contributed by atoms with Gasteiger partial charge in [0.05, 0.1) is 4.90 Å². The summed E-state index contributed by atoms with van der Waals surface area (Å²) in [6, 6.07) is 16.1. The molecule has 148 valence electrons. The van der Waals surface area contributed by atoms with E-state index in [1.807, 2.05) is 55.7 Å². The van der Waals surface area contributed by atoms with Crippen LogP contribution in [0.25, 0.3) is 10.9 Å². The van der Waals surface area contributed by atoms with Gasteiger partial charge in [0.25, 0.3) is 0 Å². The quantitative estimate of drug-likeness (QED) is 0.688. The van der Waals surface area contributed by atoms with Crippen LogP contribution >= 0.6 is 0 Å². The fourth-order valence-electron chi connectivity index (χ4n) is 3.06. The lowest BCUT2D eigenvalue weighted by Crippen LogP contribution is -2.33. The summed E-state index contributed by atoms with van der Waals surface area (Å²) >= 11 is 0. The Kier molecular flexibility index (Phi) is 5.58. The van der Waals surface area contributed by atoms with E-state index in [9.17, 15) is 13.2 Å². The summed E-state index contributed by atoms with van der Waals surface area (Å²) in [6.07, 6.45) is 0. The molecule has 1 heterocycles. The van der Waals surface area contributed by atoms with E-state index in [1.54, 1.807) is 19.2 Å². The number of carbonyl (C=O) groups excluding carboxylic acids is 1. The smallest absolute Gasteiger partial charge is 0.244 e. The second kappa shape index (κ2) is 7.77. The first-order valence-corrected chi connectivity index (χ1v) is 10.6. The number of anilines is 1. The maximum atomic E-state index is 12.5. The maximum Gasteiger partial charge on any atom is 0.244 e. The van der Waals surface area contributed by atoms with Crippen molar-refractivity contribution in [3.8, 4) is 0 Å². The highest BCUT2D eigenvalue weighted by Crippen LogP contribution is 2.21. The second-order valence-electron chi connectivity index (χ2n) is 7.12. The molecule has 0 radical (unpaired) electrons. The van der Waals surface area contributed by atoms with E-state index in [1.165, 1.54) is 16.4 Å². The third-order valence-corrected chi connectivity index (χ3v) is 6.91. The van der Waals surface area contributed by atoms with Crippen LogP contribution < -0.4 is 5.32 Å². The molecule has 0 fully saturated rings. The van der Waals surface area contributed by atoms with Crippen LogP contribution in [-0.4, -0.2) is 36.3 Å². The molecular weight excluding hydrogens is 374 g/mol.